The van der Waals surface area contributed by atoms with Gasteiger partial charge in [0, 0.05) is 24.6 Å². The van der Waals surface area contributed by atoms with Crippen molar-refractivity contribution in [2.45, 2.75) is 18.2 Å². The first-order valence-electron chi connectivity index (χ1n) is 7.77. The summed E-state index contributed by atoms with van der Waals surface area (Å²) in [4.78, 5) is 12.3. The fraction of sp³-hybridized carbons (Fsp3) is 0.278. The maximum absolute atomic E-state index is 13.3. The van der Waals surface area contributed by atoms with Crippen molar-refractivity contribution in [1.82, 2.24) is 0 Å². The van der Waals surface area contributed by atoms with Crippen molar-refractivity contribution in [1.29, 1.82) is 0 Å². The van der Waals surface area contributed by atoms with Crippen LogP contribution in [0.25, 0.3) is 0 Å². The van der Waals surface area contributed by atoms with E-state index in [1.54, 1.807) is 36.4 Å². The summed E-state index contributed by atoms with van der Waals surface area (Å²) in [5.74, 6) is 0.678. The minimum absolute atomic E-state index is 0.0816. The van der Waals surface area contributed by atoms with Gasteiger partial charge in [-0.2, -0.15) is 0 Å². The molecule has 3 rings (SSSR count). The molecule has 2 aromatic rings. The molecule has 0 aromatic heterocycles. The number of ketones is 1. The summed E-state index contributed by atoms with van der Waals surface area (Å²) in [6.45, 7) is 1.90. The van der Waals surface area contributed by atoms with Gasteiger partial charge >= 0.3 is 0 Å². The normalized spacial score (nSPS) is 14.2. The average Bonchev–Trinajstić information content (AvgIpc) is 2.61. The molecule has 0 N–H and O–H groups in total. The highest BCUT2D eigenvalue weighted by Gasteiger charge is 2.34. The third-order valence-electron chi connectivity index (χ3n) is 4.20. The minimum atomic E-state index is -3.89. The Hall–Kier alpha value is -2.54. The van der Waals surface area contributed by atoms with Gasteiger partial charge in [-0.25, -0.2) is 8.42 Å². The number of Topliss-reactive ketones (excluding diaryl/α,β-unsaturated/α-hetero) is 1. The van der Waals surface area contributed by atoms with E-state index in [2.05, 4.69) is 0 Å². The summed E-state index contributed by atoms with van der Waals surface area (Å²) in [6.07, 6.45) is 0.132. The predicted octanol–water partition coefficient (Wildman–Crippen LogP) is 2.79. The van der Waals surface area contributed by atoms with Crippen LogP contribution < -0.4 is 13.8 Å². The predicted molar refractivity (Wildman–Crippen MR) is 94.2 cm³/mol. The number of fused-ring (bicyclic) bond motifs is 1. The SMILES string of the molecule is COc1ccc2c(c1)N(S(=O)(=O)c1cc(C)ccc1OC)CCC2=O. The molecule has 1 aliphatic rings. The van der Waals surface area contributed by atoms with Gasteiger partial charge in [-0.15, -0.1) is 0 Å². The van der Waals surface area contributed by atoms with E-state index in [4.69, 9.17) is 9.47 Å². The zero-order valence-electron chi connectivity index (χ0n) is 14.3. The van der Waals surface area contributed by atoms with Gasteiger partial charge in [0.1, 0.15) is 16.4 Å². The third kappa shape index (κ3) is 2.95. The number of nitrogens with zero attached hydrogens (tertiary/aromatic N) is 1. The first kappa shape index (κ1) is 17.3. The largest absolute Gasteiger partial charge is 0.497 e. The average molecular weight is 361 g/mol. The maximum Gasteiger partial charge on any atom is 0.268 e. The van der Waals surface area contributed by atoms with Crippen LogP contribution in [0.5, 0.6) is 11.5 Å². The Kier molecular flexibility index (Phi) is 4.43. The van der Waals surface area contributed by atoms with Crippen LogP contribution in [0.4, 0.5) is 5.69 Å². The Morgan fingerprint density at radius 3 is 2.48 bits per heavy atom. The number of ether oxygens (including phenoxy) is 2. The minimum Gasteiger partial charge on any atom is -0.497 e. The van der Waals surface area contributed by atoms with Crippen LogP contribution in [-0.4, -0.2) is 35.0 Å². The Morgan fingerprint density at radius 1 is 1.04 bits per heavy atom. The molecule has 0 aliphatic carbocycles. The topological polar surface area (TPSA) is 72.9 Å². The molecule has 0 amide bonds. The lowest BCUT2D eigenvalue weighted by Gasteiger charge is -2.30. The highest BCUT2D eigenvalue weighted by atomic mass is 32.2. The van der Waals surface area contributed by atoms with Gasteiger partial charge in [-0.3, -0.25) is 9.10 Å². The lowest BCUT2D eigenvalue weighted by atomic mass is 10.0. The number of carbonyl (C=O) groups is 1. The molecule has 2 aromatic carbocycles. The maximum atomic E-state index is 13.3. The molecule has 132 valence electrons. The molecule has 6 nitrogen and oxygen atoms in total. The van der Waals surface area contributed by atoms with Gasteiger partial charge in [0.2, 0.25) is 0 Å². The number of rotatable bonds is 4. The van der Waals surface area contributed by atoms with E-state index < -0.39 is 10.0 Å². The van der Waals surface area contributed by atoms with Gasteiger partial charge in [0.25, 0.3) is 10.0 Å². The highest BCUT2D eigenvalue weighted by molar-refractivity contribution is 7.93. The first-order chi connectivity index (χ1) is 11.9. The summed E-state index contributed by atoms with van der Waals surface area (Å²) in [6, 6.07) is 9.82. The van der Waals surface area contributed by atoms with E-state index in [9.17, 15) is 13.2 Å². The van der Waals surface area contributed by atoms with Crippen molar-refractivity contribution in [3.05, 3.63) is 47.5 Å². The Bertz CT molecular complexity index is 936. The van der Waals surface area contributed by atoms with Crippen LogP contribution in [0.3, 0.4) is 0 Å². The molecule has 0 unspecified atom stereocenters. The van der Waals surface area contributed by atoms with E-state index in [1.807, 2.05) is 6.92 Å². The summed E-state index contributed by atoms with van der Waals surface area (Å²) in [7, 11) is -0.963. The van der Waals surface area contributed by atoms with Gasteiger partial charge in [0.05, 0.1) is 19.9 Å². The molecule has 1 heterocycles. The number of hydrogen-bond acceptors (Lipinski definition) is 5. The fourth-order valence-electron chi connectivity index (χ4n) is 2.89. The number of hydrogen-bond donors (Lipinski definition) is 0. The van der Waals surface area contributed by atoms with Crippen LogP contribution in [0, 0.1) is 6.92 Å². The number of sulfonamides is 1. The standard InChI is InChI=1S/C18H19NO5S/c1-12-4-7-17(24-3)18(10-12)25(21,22)19-9-8-16(20)14-6-5-13(23-2)11-15(14)19/h4-7,10-11H,8-9H2,1-3H3. The van der Waals surface area contributed by atoms with E-state index >= 15 is 0 Å². The number of aryl methyl sites for hydroxylation is 1. The van der Waals surface area contributed by atoms with E-state index in [0.717, 1.165) is 5.56 Å². The smallest absolute Gasteiger partial charge is 0.268 e. The highest BCUT2D eigenvalue weighted by Crippen LogP contribution is 2.37. The van der Waals surface area contributed by atoms with E-state index in [0.29, 0.717) is 17.0 Å². The van der Waals surface area contributed by atoms with Crippen LogP contribution in [0.2, 0.25) is 0 Å². The second-order valence-electron chi connectivity index (χ2n) is 5.79. The zero-order chi connectivity index (χ0) is 18.2. The van der Waals surface area contributed by atoms with Crippen molar-refractivity contribution in [2.75, 3.05) is 25.1 Å². The second kappa shape index (κ2) is 6.40. The molecule has 25 heavy (non-hydrogen) atoms. The Balaban J connectivity index is 2.19. The van der Waals surface area contributed by atoms with Crippen molar-refractivity contribution >= 4 is 21.5 Å². The lowest BCUT2D eigenvalue weighted by Crippen LogP contribution is -2.37. The quantitative estimate of drug-likeness (QED) is 0.837. The number of benzene rings is 2. The molecule has 0 radical (unpaired) electrons. The van der Waals surface area contributed by atoms with Gasteiger partial charge in [-0.05, 0) is 36.8 Å². The third-order valence-corrected chi connectivity index (χ3v) is 6.04. The number of anilines is 1. The molecule has 0 bridgehead atoms. The molecule has 0 fully saturated rings. The molecular formula is C18H19NO5S. The van der Waals surface area contributed by atoms with Crippen molar-refractivity contribution < 1.29 is 22.7 Å². The van der Waals surface area contributed by atoms with Gasteiger partial charge in [0.15, 0.2) is 5.78 Å². The molecule has 0 saturated heterocycles. The fourth-order valence-corrected chi connectivity index (χ4v) is 4.61. The van der Waals surface area contributed by atoms with Gasteiger partial charge in [-0.1, -0.05) is 6.07 Å². The Morgan fingerprint density at radius 2 is 1.80 bits per heavy atom. The summed E-state index contributed by atoms with van der Waals surface area (Å²) < 4.78 is 38.2. The van der Waals surface area contributed by atoms with Crippen LogP contribution in [0.15, 0.2) is 41.3 Å². The number of methoxy groups -OCH3 is 2. The lowest BCUT2D eigenvalue weighted by molar-refractivity contribution is 0.0982. The Labute approximate surface area is 147 Å². The monoisotopic (exact) mass is 361 g/mol. The van der Waals surface area contributed by atoms with Crippen molar-refractivity contribution in [3.63, 3.8) is 0 Å². The molecular weight excluding hydrogens is 342 g/mol. The zero-order valence-corrected chi connectivity index (χ0v) is 15.1. The molecule has 0 atom stereocenters. The molecule has 0 spiro atoms. The summed E-state index contributed by atoms with van der Waals surface area (Å²) >= 11 is 0. The first-order valence-corrected chi connectivity index (χ1v) is 9.21. The van der Waals surface area contributed by atoms with E-state index in [-0.39, 0.29) is 29.4 Å². The number of carbonyl (C=O) groups excluding carboxylic acids is 1. The summed E-state index contributed by atoms with van der Waals surface area (Å²) in [5, 5.41) is 0. The molecule has 7 heteroatoms. The van der Waals surface area contributed by atoms with Crippen molar-refractivity contribution in [2.24, 2.45) is 0 Å². The van der Waals surface area contributed by atoms with E-state index in [1.165, 1.54) is 18.5 Å². The summed E-state index contributed by atoms with van der Waals surface area (Å²) in [5.41, 5.74) is 1.51. The second-order valence-corrected chi connectivity index (χ2v) is 7.62. The van der Waals surface area contributed by atoms with Crippen LogP contribution in [-0.2, 0) is 10.0 Å². The van der Waals surface area contributed by atoms with Crippen LogP contribution in [0.1, 0.15) is 22.3 Å². The molecule has 1 aliphatic heterocycles. The van der Waals surface area contributed by atoms with Crippen LogP contribution >= 0.6 is 0 Å². The van der Waals surface area contributed by atoms with Gasteiger partial charge < -0.3 is 9.47 Å². The molecule has 0 saturated carbocycles. The van der Waals surface area contributed by atoms with Crippen molar-refractivity contribution in [3.8, 4) is 11.5 Å².